The van der Waals surface area contributed by atoms with Crippen LogP contribution in [0.3, 0.4) is 0 Å². The van der Waals surface area contributed by atoms with Gasteiger partial charge < -0.3 is 0 Å². The van der Waals surface area contributed by atoms with E-state index in [9.17, 15) is 0 Å². The van der Waals surface area contributed by atoms with Gasteiger partial charge >= 0.3 is 0 Å². The summed E-state index contributed by atoms with van der Waals surface area (Å²) in [5.41, 5.74) is 0.219. The van der Waals surface area contributed by atoms with Crippen LogP contribution in [-0.2, 0) is 0 Å². The van der Waals surface area contributed by atoms with Crippen molar-refractivity contribution in [1.82, 2.24) is 0 Å². The number of hydrogen-bond donors (Lipinski definition) is 0. The predicted molar refractivity (Wildman–Crippen MR) is 43.5 cm³/mol. The van der Waals surface area contributed by atoms with Gasteiger partial charge in [0.2, 0.25) is 0 Å². The van der Waals surface area contributed by atoms with Crippen LogP contribution in [0.15, 0.2) is 0 Å². The molecule has 0 bridgehead atoms. The van der Waals surface area contributed by atoms with E-state index in [2.05, 4.69) is 41.5 Å². The van der Waals surface area contributed by atoms with Gasteiger partial charge in [-0.3, -0.25) is 0 Å². The van der Waals surface area contributed by atoms with Gasteiger partial charge in [-0.1, -0.05) is 41.5 Å². The van der Waals surface area contributed by atoms with Gasteiger partial charge in [0.05, 0.1) is 0 Å². The molecule has 0 radical (unpaired) electrons. The molecule has 0 aliphatic heterocycles. The molecule has 0 aromatic heterocycles. The van der Waals surface area contributed by atoms with E-state index < -0.39 is 0 Å². The number of hydrogen-bond acceptors (Lipinski definition) is 0. The van der Waals surface area contributed by atoms with Crippen LogP contribution in [0.2, 0.25) is 0 Å². The van der Waals surface area contributed by atoms with Gasteiger partial charge in [-0.05, 0) is 17.2 Å². The maximum atomic E-state index is 7.88. The topological polar surface area (TPSA) is 0 Å². The molecule has 0 amide bonds. The summed E-state index contributed by atoms with van der Waals surface area (Å²) >= 11 is 0. The molecule has 0 atom stereocenters. The second-order valence-electron chi connectivity index (χ2n) is 4.88. The van der Waals surface area contributed by atoms with E-state index in [1.54, 1.807) is 0 Å². The molecule has 0 spiro atoms. The first-order valence-corrected chi connectivity index (χ1v) is 3.58. The van der Waals surface area contributed by atoms with Crippen molar-refractivity contribution in [1.29, 1.82) is 0 Å². The highest BCUT2D eigenvalue weighted by Crippen LogP contribution is 2.31. The molecule has 0 unspecified atom stereocenters. The Morgan fingerprint density at radius 1 is 0.889 bits per heavy atom. The third kappa shape index (κ3) is 8.00. The summed E-state index contributed by atoms with van der Waals surface area (Å²) in [4.78, 5) is 0. The zero-order valence-corrected chi connectivity index (χ0v) is 7.58. The molecular weight excluding hydrogens is 108 g/mol. The SMILES string of the molecule is [2H]C(C(C)(C)C)C(C)(C)C. The quantitative estimate of drug-likeness (QED) is 0.470. The van der Waals surface area contributed by atoms with Gasteiger partial charge in [-0.2, -0.15) is 0 Å². The lowest BCUT2D eigenvalue weighted by Crippen LogP contribution is -2.16. The first kappa shape index (κ1) is 7.11. The fourth-order valence-corrected chi connectivity index (χ4v) is 1.30. The fraction of sp³-hybridized carbons (Fsp3) is 1.00. The average molecular weight is 129 g/mol. The van der Waals surface area contributed by atoms with Crippen molar-refractivity contribution in [2.24, 2.45) is 10.8 Å². The summed E-state index contributed by atoms with van der Waals surface area (Å²) in [5.74, 6) is 0. The van der Waals surface area contributed by atoms with Crippen molar-refractivity contribution >= 4 is 0 Å². The molecule has 0 heterocycles. The third-order valence-electron chi connectivity index (χ3n) is 0.866. The lowest BCUT2D eigenvalue weighted by molar-refractivity contribution is 0.233. The molecule has 0 aromatic rings. The van der Waals surface area contributed by atoms with Gasteiger partial charge in [0, 0.05) is 1.37 Å². The van der Waals surface area contributed by atoms with Crippen molar-refractivity contribution in [3.63, 3.8) is 0 Å². The Hall–Kier alpha value is 0. The van der Waals surface area contributed by atoms with Crippen molar-refractivity contribution in [2.45, 2.75) is 47.9 Å². The number of rotatable bonds is 0. The zero-order valence-electron chi connectivity index (χ0n) is 8.58. The van der Waals surface area contributed by atoms with Crippen molar-refractivity contribution in [3.8, 4) is 0 Å². The minimum atomic E-state index is 0.0139. The molecule has 0 saturated heterocycles. The van der Waals surface area contributed by atoms with E-state index in [0.717, 1.165) is 0 Å². The first-order chi connectivity index (χ1) is 4.15. The smallest absolute Gasteiger partial charge is 0.0277 e. The predicted octanol–water partition coefficient (Wildman–Crippen LogP) is 3.47. The summed E-state index contributed by atoms with van der Waals surface area (Å²) in [7, 11) is 0. The van der Waals surface area contributed by atoms with Gasteiger partial charge in [0.15, 0.2) is 0 Å². The van der Waals surface area contributed by atoms with Crippen LogP contribution in [0, 0.1) is 10.8 Å². The lowest BCUT2D eigenvalue weighted by atomic mass is 9.78. The molecule has 0 fully saturated rings. The largest absolute Gasteiger partial charge is 0.0602 e. The highest BCUT2D eigenvalue weighted by Gasteiger charge is 2.19. The van der Waals surface area contributed by atoms with Gasteiger partial charge in [0.25, 0.3) is 0 Å². The summed E-state index contributed by atoms with van der Waals surface area (Å²) in [5, 5.41) is 0. The Morgan fingerprint density at radius 2 is 1.11 bits per heavy atom. The first-order valence-electron chi connectivity index (χ1n) is 4.15. The molecule has 9 heavy (non-hydrogen) atoms. The molecule has 0 N–H and O–H groups in total. The van der Waals surface area contributed by atoms with E-state index in [0.29, 0.717) is 0 Å². The molecule has 0 heteroatoms. The third-order valence-corrected chi connectivity index (χ3v) is 0.866. The summed E-state index contributed by atoms with van der Waals surface area (Å²) in [6, 6.07) is 0. The molecule has 0 aromatic carbocycles. The van der Waals surface area contributed by atoms with Crippen LogP contribution < -0.4 is 0 Å². The Morgan fingerprint density at radius 3 is 1.11 bits per heavy atom. The molecule has 0 aliphatic rings. The van der Waals surface area contributed by atoms with Crippen LogP contribution >= 0.6 is 0 Å². The van der Waals surface area contributed by atoms with Gasteiger partial charge in [-0.15, -0.1) is 0 Å². The van der Waals surface area contributed by atoms with E-state index in [-0.39, 0.29) is 17.2 Å². The Bertz CT molecular complexity index is 88.9. The minimum absolute atomic E-state index is 0.0139. The van der Waals surface area contributed by atoms with Gasteiger partial charge in [-0.25, -0.2) is 0 Å². The molecule has 56 valence electrons. The van der Waals surface area contributed by atoms with E-state index in [4.69, 9.17) is 1.37 Å². The second-order valence-corrected chi connectivity index (χ2v) is 4.88. The van der Waals surface area contributed by atoms with E-state index in [1.807, 2.05) is 0 Å². The maximum Gasteiger partial charge on any atom is 0.0277 e. The molecule has 0 saturated carbocycles. The highest BCUT2D eigenvalue weighted by molar-refractivity contribution is 4.71. The van der Waals surface area contributed by atoms with Gasteiger partial charge in [0.1, 0.15) is 0 Å². The standard InChI is InChI=1S/C9H20/c1-8(2,3)7-9(4,5)6/h7H2,1-6H3/i7D. The Kier molecular flexibility index (Phi) is 1.83. The van der Waals surface area contributed by atoms with Crippen LogP contribution in [0.1, 0.15) is 49.3 Å². The van der Waals surface area contributed by atoms with Crippen molar-refractivity contribution in [3.05, 3.63) is 0 Å². The van der Waals surface area contributed by atoms with E-state index in [1.165, 1.54) is 0 Å². The molecule has 0 nitrogen and oxygen atoms in total. The minimum Gasteiger partial charge on any atom is -0.0602 e. The molecular formula is C9H20. The molecule has 0 rings (SSSR count). The Balaban J connectivity index is 4.23. The van der Waals surface area contributed by atoms with Crippen LogP contribution in [0.4, 0.5) is 0 Å². The zero-order chi connectivity index (χ0) is 8.58. The van der Waals surface area contributed by atoms with Crippen molar-refractivity contribution in [2.75, 3.05) is 0 Å². The van der Waals surface area contributed by atoms with E-state index >= 15 is 0 Å². The summed E-state index contributed by atoms with van der Waals surface area (Å²) in [6.45, 7) is 12.7. The summed E-state index contributed by atoms with van der Waals surface area (Å²) < 4.78 is 7.88. The monoisotopic (exact) mass is 129 g/mol. The molecule has 0 aliphatic carbocycles. The Labute approximate surface area is 61.1 Å². The lowest BCUT2D eigenvalue weighted by Gasteiger charge is -2.28. The normalized spacial score (nSPS) is 16.1. The van der Waals surface area contributed by atoms with Crippen LogP contribution in [0.5, 0.6) is 0 Å². The average Bonchev–Trinajstić information content (AvgIpc) is 1.59. The fourth-order valence-electron chi connectivity index (χ4n) is 1.30. The maximum absolute atomic E-state index is 7.88. The van der Waals surface area contributed by atoms with Crippen molar-refractivity contribution < 1.29 is 1.37 Å². The second kappa shape index (κ2) is 2.32. The van der Waals surface area contributed by atoms with Crippen LogP contribution in [-0.4, -0.2) is 0 Å². The van der Waals surface area contributed by atoms with Crippen LogP contribution in [0.25, 0.3) is 0 Å². The highest BCUT2D eigenvalue weighted by atomic mass is 14.3. The summed E-state index contributed by atoms with van der Waals surface area (Å²) in [6.07, 6.45) is 0.0139.